The molecule has 1 heterocycles. The van der Waals surface area contributed by atoms with E-state index in [-0.39, 0.29) is 5.91 Å². The molecule has 0 aliphatic rings. The topological polar surface area (TPSA) is 72.5 Å². The molecule has 124 valence electrons. The summed E-state index contributed by atoms with van der Waals surface area (Å²) in [5.41, 5.74) is 9.26. The highest BCUT2D eigenvalue weighted by atomic mass is 79.9. The van der Waals surface area contributed by atoms with Crippen molar-refractivity contribution in [1.82, 2.24) is 10.2 Å². The molecule has 5 nitrogen and oxygen atoms in total. The van der Waals surface area contributed by atoms with Gasteiger partial charge < -0.3 is 16.0 Å². The molecule has 0 aliphatic carbocycles. The molecule has 0 radical (unpaired) electrons. The van der Waals surface area contributed by atoms with Crippen LogP contribution in [0.4, 0.5) is 5.69 Å². The minimum atomic E-state index is -0.104. The maximum atomic E-state index is 12.6. The van der Waals surface area contributed by atoms with Crippen molar-refractivity contribution in [3.8, 4) is 0 Å². The summed E-state index contributed by atoms with van der Waals surface area (Å²) in [6.07, 6.45) is 0. The lowest BCUT2D eigenvalue weighted by Crippen LogP contribution is -2.32. The van der Waals surface area contributed by atoms with E-state index in [1.54, 1.807) is 0 Å². The zero-order chi connectivity index (χ0) is 17.3. The summed E-state index contributed by atoms with van der Waals surface area (Å²) in [6, 6.07) is 11.5. The summed E-state index contributed by atoms with van der Waals surface area (Å²) in [5.74, 6) is -0.104. The van der Waals surface area contributed by atoms with Crippen LogP contribution < -0.4 is 16.0 Å². The number of H-pyrrole nitrogens is 1. The molecule has 6 heteroatoms. The summed E-state index contributed by atoms with van der Waals surface area (Å²) in [4.78, 5) is 17.9. The fourth-order valence-electron chi connectivity index (χ4n) is 2.72. The lowest BCUT2D eigenvalue weighted by atomic mass is 10.0. The summed E-state index contributed by atoms with van der Waals surface area (Å²) < 4.78 is 0.956. The van der Waals surface area contributed by atoms with Crippen molar-refractivity contribution < 1.29 is 9.78 Å². The summed E-state index contributed by atoms with van der Waals surface area (Å²) in [5, 5.41) is 4.74. The first-order chi connectivity index (χ1) is 11.5. The Labute approximate surface area is 149 Å². The number of carbonyl (C=O) groups is 1. The lowest BCUT2D eigenvalue weighted by molar-refractivity contribution is -0.310. The van der Waals surface area contributed by atoms with Crippen LogP contribution in [0, 0.1) is 0 Å². The fourth-order valence-corrected chi connectivity index (χ4v) is 3.08. The van der Waals surface area contributed by atoms with E-state index >= 15 is 0 Å². The first-order valence-corrected chi connectivity index (χ1v) is 8.52. The van der Waals surface area contributed by atoms with Crippen LogP contribution in [0.2, 0.25) is 0 Å². The summed E-state index contributed by atoms with van der Waals surface area (Å²) in [7, 11) is 3.95. The smallest absolute Gasteiger partial charge is 0.258 e. The number of amides is 1. The highest BCUT2D eigenvalue weighted by Crippen LogP contribution is 2.29. The van der Waals surface area contributed by atoms with Crippen LogP contribution in [-0.2, 0) is 0 Å². The van der Waals surface area contributed by atoms with E-state index < -0.39 is 0 Å². The molecular formula is C18H20BrN4O+. The third kappa shape index (κ3) is 3.20. The van der Waals surface area contributed by atoms with Gasteiger partial charge in [-0.2, -0.15) is 0 Å². The van der Waals surface area contributed by atoms with Gasteiger partial charge in [0.15, 0.2) is 0 Å². The van der Waals surface area contributed by atoms with Gasteiger partial charge in [-0.15, -0.1) is 0 Å². The van der Waals surface area contributed by atoms with Crippen LogP contribution in [0.15, 0.2) is 40.9 Å². The van der Waals surface area contributed by atoms with Crippen molar-refractivity contribution in [2.24, 2.45) is 0 Å². The molecule has 4 N–H and O–H groups in total. The molecular weight excluding hydrogens is 368 g/mol. The Morgan fingerprint density at radius 3 is 2.79 bits per heavy atom. The quantitative estimate of drug-likeness (QED) is 0.675. The summed E-state index contributed by atoms with van der Waals surface area (Å²) >= 11 is 3.47. The van der Waals surface area contributed by atoms with E-state index in [1.165, 1.54) is 0 Å². The zero-order valence-electron chi connectivity index (χ0n) is 13.7. The number of fused-ring (bicyclic) bond motifs is 2. The molecule has 0 unspecified atom stereocenters. The number of aromatic nitrogens is 1. The third-order valence-electron chi connectivity index (χ3n) is 3.98. The Hall–Kier alpha value is -2.18. The van der Waals surface area contributed by atoms with Crippen molar-refractivity contribution in [3.05, 3.63) is 46.4 Å². The van der Waals surface area contributed by atoms with Gasteiger partial charge in [0.2, 0.25) is 11.0 Å². The first kappa shape index (κ1) is 16.7. The van der Waals surface area contributed by atoms with Gasteiger partial charge in [0.25, 0.3) is 5.91 Å². The van der Waals surface area contributed by atoms with Crippen molar-refractivity contribution in [3.63, 3.8) is 0 Å². The zero-order valence-corrected chi connectivity index (χ0v) is 15.3. The minimum absolute atomic E-state index is 0.104. The maximum Gasteiger partial charge on any atom is 0.258 e. The number of halogens is 1. The van der Waals surface area contributed by atoms with E-state index in [0.29, 0.717) is 17.8 Å². The molecule has 0 spiro atoms. The van der Waals surface area contributed by atoms with E-state index in [9.17, 15) is 4.79 Å². The molecule has 3 aromatic rings. The number of carbonyl (C=O) groups excluding carboxylic acids is 1. The number of aromatic amines is 1. The molecule has 0 bridgehead atoms. The Morgan fingerprint density at radius 1 is 1.25 bits per heavy atom. The number of nitrogens with two attached hydrogens (primary N) is 1. The van der Waals surface area contributed by atoms with Gasteiger partial charge >= 0.3 is 0 Å². The predicted molar refractivity (Wildman–Crippen MR) is 101 cm³/mol. The third-order valence-corrected chi connectivity index (χ3v) is 4.47. The second kappa shape index (κ2) is 6.75. The molecule has 24 heavy (non-hydrogen) atoms. The van der Waals surface area contributed by atoms with Crippen LogP contribution in [-0.4, -0.2) is 38.0 Å². The molecule has 2 aromatic carbocycles. The molecule has 0 saturated carbocycles. The van der Waals surface area contributed by atoms with Crippen molar-refractivity contribution >= 4 is 49.3 Å². The number of pyridine rings is 1. The Kier molecular flexibility index (Phi) is 4.69. The van der Waals surface area contributed by atoms with Crippen molar-refractivity contribution in [2.45, 2.75) is 0 Å². The minimum Gasteiger partial charge on any atom is -0.397 e. The van der Waals surface area contributed by atoms with Crippen LogP contribution >= 0.6 is 15.9 Å². The average molecular weight is 388 g/mol. The Balaban J connectivity index is 2.09. The Bertz CT molecular complexity index is 924. The maximum absolute atomic E-state index is 12.6. The number of benzene rings is 2. The molecule has 0 fully saturated rings. The second-order valence-electron chi connectivity index (χ2n) is 6.02. The van der Waals surface area contributed by atoms with Gasteiger partial charge in [0, 0.05) is 23.6 Å². The molecule has 0 atom stereocenters. The number of hydrogen-bond donors (Lipinski definition) is 2. The van der Waals surface area contributed by atoms with Crippen LogP contribution in [0.1, 0.15) is 10.4 Å². The second-order valence-corrected chi connectivity index (χ2v) is 6.93. The van der Waals surface area contributed by atoms with Crippen molar-refractivity contribution in [1.29, 1.82) is 0 Å². The molecule has 0 saturated heterocycles. The molecule has 1 amide bonds. The van der Waals surface area contributed by atoms with E-state index in [2.05, 4.69) is 26.2 Å². The number of likely N-dealkylation sites (N-methyl/N-ethyl adjacent to an activating group) is 1. The molecule has 3 rings (SSSR count). The standard InChI is InChI=1S/C18H19BrN4O/c1-23(2)9-8-21-18(24)14-5-3-4-13-16(20)12-7-6-11(19)10-15(12)22-17(13)14/h3-7,10H,8-9H2,1-2H3,(H2,20,22)(H,21,24)/p+1. The van der Waals surface area contributed by atoms with Gasteiger partial charge in [-0.3, -0.25) is 4.79 Å². The van der Waals surface area contributed by atoms with Gasteiger partial charge in [0.05, 0.1) is 16.5 Å². The van der Waals surface area contributed by atoms with Crippen LogP contribution in [0.25, 0.3) is 21.8 Å². The van der Waals surface area contributed by atoms with Crippen molar-refractivity contribution in [2.75, 3.05) is 32.9 Å². The largest absolute Gasteiger partial charge is 0.397 e. The van der Waals surface area contributed by atoms with Gasteiger partial charge in [0.1, 0.15) is 5.56 Å². The summed E-state index contributed by atoms with van der Waals surface area (Å²) in [6.45, 7) is 1.38. The number of nitrogens with zero attached hydrogens (tertiary/aromatic N) is 1. The van der Waals surface area contributed by atoms with E-state index in [0.717, 1.165) is 32.8 Å². The van der Waals surface area contributed by atoms with Gasteiger partial charge in [-0.1, -0.05) is 22.0 Å². The lowest BCUT2D eigenvalue weighted by Gasteiger charge is -2.11. The SMILES string of the molecule is CN(C)CCNC(=O)c1cccc2c(N)c3ccc(Br)cc3[nH+]c12. The fraction of sp³-hybridized carbons (Fsp3) is 0.222. The van der Waals surface area contributed by atoms with E-state index in [4.69, 9.17) is 5.73 Å². The number of hydrogen-bond acceptors (Lipinski definition) is 3. The molecule has 1 aromatic heterocycles. The number of para-hydroxylation sites is 1. The normalized spacial score (nSPS) is 11.3. The number of anilines is 1. The van der Waals surface area contributed by atoms with Crippen LogP contribution in [0.5, 0.6) is 0 Å². The number of rotatable bonds is 4. The Morgan fingerprint density at radius 2 is 2.04 bits per heavy atom. The average Bonchev–Trinajstić information content (AvgIpc) is 2.54. The van der Waals surface area contributed by atoms with E-state index in [1.807, 2.05) is 55.4 Å². The monoisotopic (exact) mass is 387 g/mol. The predicted octanol–water partition coefficient (Wildman–Crippen LogP) is 2.44. The number of nitrogen functional groups attached to an aromatic ring is 1. The highest BCUT2D eigenvalue weighted by Gasteiger charge is 2.19. The first-order valence-electron chi connectivity index (χ1n) is 7.73. The number of nitrogens with one attached hydrogen (secondary N) is 2. The molecule has 0 aliphatic heterocycles. The highest BCUT2D eigenvalue weighted by molar-refractivity contribution is 9.10. The van der Waals surface area contributed by atoms with Gasteiger partial charge in [-0.25, -0.2) is 4.98 Å². The van der Waals surface area contributed by atoms with Gasteiger partial charge in [-0.05, 0) is 38.4 Å². The van der Waals surface area contributed by atoms with Crippen LogP contribution in [0.3, 0.4) is 0 Å².